The highest BCUT2D eigenvalue weighted by Gasteiger charge is 2.41. The van der Waals surface area contributed by atoms with Gasteiger partial charge in [-0.15, -0.1) is 0 Å². The first-order valence-electron chi connectivity index (χ1n) is 10.3. The number of hydrogen-bond acceptors (Lipinski definition) is 6. The second-order valence-corrected chi connectivity index (χ2v) is 8.85. The fourth-order valence-corrected chi connectivity index (χ4v) is 5.25. The number of rotatable bonds is 6. The Morgan fingerprint density at radius 1 is 1.35 bits per heavy atom. The molecular weight excluding hydrogens is 436 g/mol. The largest absolute Gasteiger partial charge is 0.376 e. The van der Waals surface area contributed by atoms with E-state index in [2.05, 4.69) is 15.6 Å². The number of thioether (sulfide) groups is 1. The lowest BCUT2D eigenvalue weighted by molar-refractivity contribution is -0.121. The zero-order valence-corrected chi connectivity index (χ0v) is 19.1. The maximum Gasteiger partial charge on any atom is 0.251 e. The SMILES string of the molecule is CNC(=O)C1=C(C)N=C2SC=C(CC(=O)NCC3CCCO3)N2C1c1ccccc1Cl. The predicted octanol–water partition coefficient (Wildman–Crippen LogP) is 3.35. The number of halogens is 1. The number of hydrogen-bond donors (Lipinski definition) is 2. The number of nitrogens with one attached hydrogen (secondary N) is 2. The summed E-state index contributed by atoms with van der Waals surface area (Å²) in [4.78, 5) is 32.1. The first kappa shape index (κ1) is 21.9. The molecule has 4 rings (SSSR count). The van der Waals surface area contributed by atoms with Crippen LogP contribution in [-0.4, -0.2) is 48.2 Å². The average molecular weight is 461 g/mol. The van der Waals surface area contributed by atoms with E-state index >= 15 is 0 Å². The van der Waals surface area contributed by atoms with E-state index in [0.717, 1.165) is 35.9 Å². The van der Waals surface area contributed by atoms with Crippen LogP contribution >= 0.6 is 23.4 Å². The van der Waals surface area contributed by atoms with Crippen molar-refractivity contribution >= 4 is 40.3 Å². The summed E-state index contributed by atoms with van der Waals surface area (Å²) in [5.74, 6) is -0.307. The Bertz CT molecular complexity index is 985. The summed E-state index contributed by atoms with van der Waals surface area (Å²) in [6, 6.07) is 7.00. The highest BCUT2D eigenvalue weighted by Crippen LogP contribution is 2.45. The maximum absolute atomic E-state index is 12.8. The molecule has 1 saturated heterocycles. The highest BCUT2D eigenvalue weighted by molar-refractivity contribution is 8.16. The van der Waals surface area contributed by atoms with Gasteiger partial charge in [-0.05, 0) is 36.8 Å². The smallest absolute Gasteiger partial charge is 0.251 e. The number of nitrogens with zero attached hydrogens (tertiary/aromatic N) is 2. The number of carbonyl (C=O) groups excluding carboxylic acids is 2. The molecule has 3 aliphatic rings. The predicted molar refractivity (Wildman–Crippen MR) is 123 cm³/mol. The Morgan fingerprint density at radius 2 is 2.16 bits per heavy atom. The molecule has 0 aliphatic carbocycles. The van der Waals surface area contributed by atoms with E-state index in [1.165, 1.54) is 11.8 Å². The standard InChI is InChI=1S/C22H25ClN4O3S/c1-13-19(21(29)24-2)20(16-7-3-4-8-17(16)23)27-14(12-31-22(27)26-13)10-18(28)25-11-15-6-5-9-30-15/h3-4,7-8,12,15,20H,5-6,9-11H2,1-2H3,(H,24,29)(H,25,28). The number of likely N-dealkylation sites (N-methyl/N-ethyl adjacent to an activating group) is 1. The van der Waals surface area contributed by atoms with Gasteiger partial charge in [-0.3, -0.25) is 9.59 Å². The van der Waals surface area contributed by atoms with Crippen molar-refractivity contribution < 1.29 is 14.3 Å². The van der Waals surface area contributed by atoms with Crippen molar-refractivity contribution in [3.8, 4) is 0 Å². The van der Waals surface area contributed by atoms with Crippen molar-refractivity contribution in [2.45, 2.75) is 38.3 Å². The number of carbonyl (C=O) groups is 2. The summed E-state index contributed by atoms with van der Waals surface area (Å²) in [6.45, 7) is 3.09. The van der Waals surface area contributed by atoms with Crippen molar-refractivity contribution in [1.82, 2.24) is 15.5 Å². The zero-order chi connectivity index (χ0) is 22.0. The maximum atomic E-state index is 12.8. The van der Waals surface area contributed by atoms with Gasteiger partial charge in [0, 0.05) is 30.9 Å². The Labute approximate surface area is 190 Å². The number of allylic oxidation sites excluding steroid dienone is 1. The van der Waals surface area contributed by atoms with Gasteiger partial charge in [-0.2, -0.15) is 0 Å². The van der Waals surface area contributed by atoms with Crippen LogP contribution in [0.4, 0.5) is 0 Å². The summed E-state index contributed by atoms with van der Waals surface area (Å²) in [5.41, 5.74) is 2.74. The van der Waals surface area contributed by atoms with Crippen molar-refractivity contribution in [1.29, 1.82) is 0 Å². The number of ether oxygens (including phenoxy) is 1. The molecule has 0 spiro atoms. The van der Waals surface area contributed by atoms with Crippen molar-refractivity contribution in [2.24, 2.45) is 4.99 Å². The summed E-state index contributed by atoms with van der Waals surface area (Å²) >= 11 is 7.99. The minimum absolute atomic E-state index is 0.0873. The molecule has 1 fully saturated rings. The summed E-state index contributed by atoms with van der Waals surface area (Å²) in [5, 5.41) is 8.90. The first-order valence-corrected chi connectivity index (χ1v) is 11.5. The summed E-state index contributed by atoms with van der Waals surface area (Å²) in [6.07, 6.45) is 2.27. The molecule has 1 aromatic rings. The molecule has 0 radical (unpaired) electrons. The Kier molecular flexibility index (Phi) is 6.69. The minimum Gasteiger partial charge on any atom is -0.376 e. The summed E-state index contributed by atoms with van der Waals surface area (Å²) in [7, 11) is 1.60. The van der Waals surface area contributed by atoms with Gasteiger partial charge >= 0.3 is 0 Å². The van der Waals surface area contributed by atoms with E-state index in [-0.39, 0.29) is 24.3 Å². The van der Waals surface area contributed by atoms with E-state index in [0.29, 0.717) is 22.8 Å². The zero-order valence-electron chi connectivity index (χ0n) is 17.5. The van der Waals surface area contributed by atoms with Gasteiger partial charge in [0.1, 0.15) is 0 Å². The molecule has 0 bridgehead atoms. The molecule has 7 nitrogen and oxygen atoms in total. The van der Waals surface area contributed by atoms with Crippen LogP contribution in [0, 0.1) is 0 Å². The van der Waals surface area contributed by atoms with Gasteiger partial charge < -0.3 is 20.3 Å². The lowest BCUT2D eigenvalue weighted by Gasteiger charge is -2.36. The van der Waals surface area contributed by atoms with Gasteiger partial charge in [-0.1, -0.05) is 41.6 Å². The van der Waals surface area contributed by atoms with E-state index in [9.17, 15) is 9.59 Å². The lowest BCUT2D eigenvalue weighted by Crippen LogP contribution is -2.40. The third-order valence-electron chi connectivity index (χ3n) is 5.56. The van der Waals surface area contributed by atoms with E-state index in [4.69, 9.17) is 16.3 Å². The third-order valence-corrected chi connectivity index (χ3v) is 6.80. The van der Waals surface area contributed by atoms with Crippen LogP contribution < -0.4 is 10.6 Å². The molecule has 2 atom stereocenters. The monoisotopic (exact) mass is 460 g/mol. The van der Waals surface area contributed by atoms with Crippen LogP contribution in [0.15, 0.2) is 51.6 Å². The topological polar surface area (TPSA) is 83.0 Å². The second-order valence-electron chi connectivity index (χ2n) is 7.61. The number of amides is 2. The number of benzene rings is 1. The van der Waals surface area contributed by atoms with E-state index < -0.39 is 6.04 Å². The van der Waals surface area contributed by atoms with Crippen molar-refractivity contribution in [3.05, 3.63) is 57.2 Å². The van der Waals surface area contributed by atoms with Crippen LogP contribution in [0.5, 0.6) is 0 Å². The van der Waals surface area contributed by atoms with Gasteiger partial charge in [0.15, 0.2) is 5.17 Å². The quantitative estimate of drug-likeness (QED) is 0.680. The molecular formula is C22H25ClN4O3S. The molecule has 3 heterocycles. The Balaban J connectivity index is 1.61. The summed E-state index contributed by atoms with van der Waals surface area (Å²) < 4.78 is 5.58. The Hall–Kier alpha value is -2.29. The van der Waals surface area contributed by atoms with Crippen molar-refractivity contribution in [2.75, 3.05) is 20.2 Å². The second kappa shape index (κ2) is 9.46. The van der Waals surface area contributed by atoms with E-state index in [1.807, 2.05) is 35.4 Å². The van der Waals surface area contributed by atoms with Crippen LogP contribution in [0.2, 0.25) is 5.02 Å². The fraction of sp³-hybridized carbons (Fsp3) is 0.409. The third kappa shape index (κ3) is 4.51. The molecule has 2 N–H and O–H groups in total. The number of fused-ring (bicyclic) bond motifs is 1. The van der Waals surface area contributed by atoms with Crippen LogP contribution in [0.3, 0.4) is 0 Å². The number of aliphatic imine (C=N–C) groups is 1. The molecule has 0 saturated carbocycles. The molecule has 0 aromatic heterocycles. The average Bonchev–Trinajstić information content (AvgIpc) is 3.41. The van der Waals surface area contributed by atoms with Gasteiger partial charge in [-0.25, -0.2) is 4.99 Å². The molecule has 2 unspecified atom stereocenters. The molecule has 1 aromatic carbocycles. The lowest BCUT2D eigenvalue weighted by atomic mass is 9.93. The van der Waals surface area contributed by atoms with Crippen molar-refractivity contribution in [3.63, 3.8) is 0 Å². The fourth-order valence-electron chi connectivity index (χ4n) is 4.05. The van der Waals surface area contributed by atoms with Crippen LogP contribution in [0.1, 0.15) is 37.8 Å². The minimum atomic E-state index is -0.464. The van der Waals surface area contributed by atoms with Crippen LogP contribution in [-0.2, 0) is 14.3 Å². The molecule has 3 aliphatic heterocycles. The molecule has 2 amide bonds. The number of amidine groups is 1. The van der Waals surface area contributed by atoms with Crippen LogP contribution in [0.25, 0.3) is 0 Å². The molecule has 164 valence electrons. The first-order chi connectivity index (χ1) is 15.0. The Morgan fingerprint density at radius 3 is 2.87 bits per heavy atom. The molecule has 9 heteroatoms. The van der Waals surface area contributed by atoms with Gasteiger partial charge in [0.05, 0.1) is 29.8 Å². The normalized spacial score (nSPS) is 22.7. The van der Waals surface area contributed by atoms with Gasteiger partial charge in [0.2, 0.25) is 5.91 Å². The van der Waals surface area contributed by atoms with Gasteiger partial charge in [0.25, 0.3) is 5.91 Å². The highest BCUT2D eigenvalue weighted by atomic mass is 35.5. The molecule has 31 heavy (non-hydrogen) atoms. The van der Waals surface area contributed by atoms with E-state index in [1.54, 1.807) is 13.1 Å².